The van der Waals surface area contributed by atoms with Crippen LogP contribution in [0.4, 0.5) is 0 Å². The number of hydrogen-bond acceptors (Lipinski definition) is 2. The molecule has 0 saturated heterocycles. The molecule has 0 fully saturated rings. The van der Waals surface area contributed by atoms with Crippen molar-refractivity contribution in [1.29, 1.82) is 0 Å². The van der Waals surface area contributed by atoms with Crippen LogP contribution < -0.4 is 0 Å². The van der Waals surface area contributed by atoms with Gasteiger partial charge in [0, 0.05) is 27.3 Å². The zero-order chi connectivity index (χ0) is 15.9. The number of rotatable bonds is 2. The van der Waals surface area contributed by atoms with Crippen LogP contribution >= 0.6 is 23.2 Å². The summed E-state index contributed by atoms with van der Waals surface area (Å²) in [6.07, 6.45) is 0. The van der Waals surface area contributed by atoms with Gasteiger partial charge < -0.3 is 0 Å². The molecule has 0 spiro atoms. The van der Waals surface area contributed by atoms with E-state index in [2.05, 4.69) is 0 Å². The van der Waals surface area contributed by atoms with Gasteiger partial charge in [-0.3, -0.25) is 9.59 Å². The number of ketones is 2. The summed E-state index contributed by atoms with van der Waals surface area (Å²) in [5, 5.41) is -0.0863. The lowest BCUT2D eigenvalue weighted by Gasteiger charge is -2.22. The van der Waals surface area contributed by atoms with Crippen molar-refractivity contribution < 1.29 is 9.59 Å². The topological polar surface area (TPSA) is 34.1 Å². The Kier molecular flexibility index (Phi) is 3.90. The van der Waals surface area contributed by atoms with Gasteiger partial charge in [0.15, 0.2) is 11.6 Å². The second kappa shape index (κ2) is 5.71. The number of fused-ring (bicyclic) bond motifs is 1. The predicted molar refractivity (Wildman–Crippen MR) is 87.8 cm³/mol. The summed E-state index contributed by atoms with van der Waals surface area (Å²) in [6.45, 7) is 1.65. The van der Waals surface area contributed by atoms with Crippen LogP contribution in [-0.2, 0) is 0 Å². The van der Waals surface area contributed by atoms with Gasteiger partial charge in [-0.25, -0.2) is 0 Å². The summed E-state index contributed by atoms with van der Waals surface area (Å²) < 4.78 is 0. The fraction of sp³-hybridized carbons (Fsp3) is 0.111. The lowest BCUT2D eigenvalue weighted by atomic mass is 9.82. The molecule has 3 rings (SSSR count). The van der Waals surface area contributed by atoms with Crippen LogP contribution in [0.25, 0.3) is 0 Å². The molecule has 0 amide bonds. The van der Waals surface area contributed by atoms with Crippen LogP contribution in [0, 0.1) is 0 Å². The molecule has 2 aromatic rings. The van der Waals surface area contributed by atoms with E-state index in [9.17, 15) is 9.59 Å². The third kappa shape index (κ3) is 2.39. The van der Waals surface area contributed by atoms with Gasteiger partial charge in [-0.2, -0.15) is 0 Å². The van der Waals surface area contributed by atoms with Crippen LogP contribution in [-0.4, -0.2) is 11.6 Å². The van der Waals surface area contributed by atoms with E-state index in [0.717, 1.165) is 5.56 Å². The van der Waals surface area contributed by atoms with Crippen molar-refractivity contribution in [2.75, 3.05) is 0 Å². The van der Waals surface area contributed by atoms with Crippen molar-refractivity contribution in [3.63, 3.8) is 0 Å². The highest BCUT2D eigenvalue weighted by Crippen LogP contribution is 2.37. The zero-order valence-corrected chi connectivity index (χ0v) is 13.3. The first-order valence-electron chi connectivity index (χ1n) is 6.79. The first-order chi connectivity index (χ1) is 10.5. The van der Waals surface area contributed by atoms with Gasteiger partial charge in [-0.1, -0.05) is 48.0 Å². The van der Waals surface area contributed by atoms with E-state index in [-0.39, 0.29) is 11.6 Å². The number of allylic oxidation sites excluding steroid dienone is 2. The van der Waals surface area contributed by atoms with Crippen LogP contribution in [0.2, 0.25) is 5.02 Å². The molecule has 110 valence electrons. The molecule has 22 heavy (non-hydrogen) atoms. The van der Waals surface area contributed by atoms with Gasteiger partial charge in [-0.15, -0.1) is 11.6 Å². The molecule has 2 nitrogen and oxygen atoms in total. The normalized spacial score (nSPS) is 15.8. The molecule has 0 saturated carbocycles. The average Bonchev–Trinajstić information content (AvgIpc) is 2.53. The molecule has 1 aliphatic carbocycles. The minimum Gasteiger partial charge on any atom is -0.289 e. The minimum absolute atomic E-state index is 0.148. The summed E-state index contributed by atoms with van der Waals surface area (Å²) >= 11 is 12.4. The molecular formula is C18H12Cl2O2. The molecule has 0 aromatic heterocycles. The number of alkyl halides is 1. The Hall–Kier alpha value is -1.90. The van der Waals surface area contributed by atoms with Crippen molar-refractivity contribution in [2.24, 2.45) is 0 Å². The fourth-order valence-electron chi connectivity index (χ4n) is 2.62. The first-order valence-corrected chi connectivity index (χ1v) is 7.61. The van der Waals surface area contributed by atoms with E-state index in [1.54, 1.807) is 55.5 Å². The molecule has 0 aliphatic heterocycles. The molecular weight excluding hydrogens is 319 g/mol. The van der Waals surface area contributed by atoms with Gasteiger partial charge in [0.1, 0.15) is 0 Å². The fourth-order valence-corrected chi connectivity index (χ4v) is 3.16. The first kappa shape index (κ1) is 15.0. The maximum Gasteiger partial charge on any atom is 0.192 e. The van der Waals surface area contributed by atoms with Crippen LogP contribution in [0.15, 0.2) is 59.7 Å². The van der Waals surface area contributed by atoms with Crippen molar-refractivity contribution in [3.05, 3.63) is 81.4 Å². The Morgan fingerprint density at radius 2 is 1.41 bits per heavy atom. The van der Waals surface area contributed by atoms with Crippen molar-refractivity contribution in [3.8, 4) is 0 Å². The van der Waals surface area contributed by atoms with E-state index in [0.29, 0.717) is 27.3 Å². The molecule has 4 heteroatoms. The smallest absolute Gasteiger partial charge is 0.192 e. The number of hydrogen-bond donors (Lipinski definition) is 0. The largest absolute Gasteiger partial charge is 0.289 e. The second-order valence-electron chi connectivity index (χ2n) is 5.16. The van der Waals surface area contributed by atoms with Gasteiger partial charge in [0.05, 0.1) is 5.38 Å². The summed E-state index contributed by atoms with van der Waals surface area (Å²) in [5.41, 5.74) is 2.33. The van der Waals surface area contributed by atoms with E-state index < -0.39 is 5.38 Å². The second-order valence-corrected chi connectivity index (χ2v) is 6.03. The molecule has 1 unspecified atom stereocenters. The molecule has 0 radical (unpaired) electrons. The lowest BCUT2D eigenvalue weighted by Crippen LogP contribution is -2.23. The van der Waals surface area contributed by atoms with E-state index >= 15 is 0 Å². The summed E-state index contributed by atoms with van der Waals surface area (Å²) in [4.78, 5) is 25.2. The monoisotopic (exact) mass is 330 g/mol. The number of Topliss-reactive ketones (excluding diaryl/α,β-unsaturated/α-hetero) is 2. The number of carbonyl (C=O) groups excluding carboxylic acids is 2. The Balaban J connectivity index is 2.10. The zero-order valence-electron chi connectivity index (χ0n) is 11.8. The summed E-state index contributed by atoms with van der Waals surface area (Å²) in [6, 6.07) is 13.8. The van der Waals surface area contributed by atoms with Crippen molar-refractivity contribution >= 4 is 34.8 Å². The number of carbonyl (C=O) groups is 2. The number of halogens is 2. The number of benzene rings is 2. The molecule has 0 heterocycles. The lowest BCUT2D eigenvalue weighted by molar-refractivity contribution is 0.0972. The summed E-state index contributed by atoms with van der Waals surface area (Å²) in [5.74, 6) is -0.340. The highest BCUT2D eigenvalue weighted by atomic mass is 35.5. The highest BCUT2D eigenvalue weighted by molar-refractivity contribution is 6.33. The maximum absolute atomic E-state index is 12.7. The minimum atomic E-state index is -0.679. The van der Waals surface area contributed by atoms with E-state index in [1.807, 2.05) is 0 Å². The predicted octanol–water partition coefficient (Wildman–Crippen LogP) is 5.02. The van der Waals surface area contributed by atoms with Gasteiger partial charge in [-0.05, 0) is 24.6 Å². The van der Waals surface area contributed by atoms with Gasteiger partial charge in [0.25, 0.3) is 0 Å². The Bertz CT molecular complexity index is 804. The van der Waals surface area contributed by atoms with Gasteiger partial charge >= 0.3 is 0 Å². The molecule has 2 aromatic carbocycles. The Morgan fingerprint density at radius 1 is 0.864 bits per heavy atom. The third-order valence-corrected chi connectivity index (χ3v) is 4.54. The van der Waals surface area contributed by atoms with Crippen molar-refractivity contribution in [1.82, 2.24) is 0 Å². The van der Waals surface area contributed by atoms with E-state index in [1.165, 1.54) is 0 Å². The van der Waals surface area contributed by atoms with Crippen molar-refractivity contribution in [2.45, 2.75) is 12.3 Å². The molecule has 1 aliphatic rings. The van der Waals surface area contributed by atoms with Crippen LogP contribution in [0.1, 0.15) is 38.6 Å². The summed E-state index contributed by atoms with van der Waals surface area (Å²) in [7, 11) is 0. The molecule has 0 N–H and O–H groups in total. The van der Waals surface area contributed by atoms with Gasteiger partial charge in [0.2, 0.25) is 0 Å². The van der Waals surface area contributed by atoms with Crippen LogP contribution in [0.5, 0.6) is 0 Å². The highest BCUT2D eigenvalue weighted by Gasteiger charge is 2.33. The molecule has 0 bridgehead atoms. The van der Waals surface area contributed by atoms with E-state index in [4.69, 9.17) is 23.2 Å². The maximum atomic E-state index is 12.7. The average molecular weight is 331 g/mol. The standard InChI is InChI=1S/C18H12Cl2O2/c1-10-15(16(20)11-6-8-12(19)9-7-11)18(22)14-5-3-2-4-13(14)17(10)21/h2-9,16H,1H3. The third-order valence-electron chi connectivity index (χ3n) is 3.82. The Morgan fingerprint density at radius 3 is 2.00 bits per heavy atom. The molecule has 1 atom stereocenters. The van der Waals surface area contributed by atoms with Crippen LogP contribution in [0.3, 0.4) is 0 Å². The SMILES string of the molecule is CC1=C(C(Cl)c2ccc(Cl)cc2)C(=O)c2ccccc2C1=O. The quantitative estimate of drug-likeness (QED) is 0.725. The Labute approximate surface area is 138 Å².